The Hall–Kier alpha value is -0.780. The topological polar surface area (TPSA) is 17.1 Å². The number of carbonyl (C=O) groups is 1. The van der Waals surface area contributed by atoms with Crippen molar-refractivity contribution in [1.82, 2.24) is 0 Å². The van der Waals surface area contributed by atoms with Crippen molar-refractivity contribution in [3.63, 3.8) is 0 Å². The highest BCUT2D eigenvalue weighted by Crippen LogP contribution is 2.23. The van der Waals surface area contributed by atoms with Crippen LogP contribution in [0.25, 0.3) is 0 Å². The van der Waals surface area contributed by atoms with Crippen molar-refractivity contribution in [2.24, 2.45) is 0 Å². The third kappa shape index (κ3) is 3.70. The van der Waals surface area contributed by atoms with Crippen LogP contribution in [0.1, 0.15) is 30.1 Å². The zero-order chi connectivity index (χ0) is 11.3. The van der Waals surface area contributed by atoms with Crippen LogP contribution in [0.5, 0.6) is 0 Å². The molecule has 0 saturated heterocycles. The van der Waals surface area contributed by atoms with Crippen LogP contribution < -0.4 is 0 Å². The van der Waals surface area contributed by atoms with Crippen molar-refractivity contribution >= 4 is 33.3 Å². The summed E-state index contributed by atoms with van der Waals surface area (Å²) in [5, 5.41) is 0.611. The second-order valence-corrected chi connectivity index (χ2v) is 4.24. The molecule has 15 heavy (non-hydrogen) atoms. The fraction of sp³-hybridized carbons (Fsp3) is 0.250. The molecule has 0 aliphatic heterocycles. The third-order valence-electron chi connectivity index (χ3n) is 1.90. The van der Waals surface area contributed by atoms with Gasteiger partial charge in [0.15, 0.2) is 5.78 Å². The van der Waals surface area contributed by atoms with Crippen LogP contribution in [0.3, 0.4) is 0 Å². The largest absolute Gasteiger partial charge is 0.294 e. The minimum absolute atomic E-state index is 0.0927. The molecule has 0 aromatic heterocycles. The van der Waals surface area contributed by atoms with Crippen LogP contribution in [0.4, 0.5) is 0 Å². The predicted molar refractivity (Wildman–Crippen MR) is 66.2 cm³/mol. The molecule has 0 heterocycles. The molecule has 1 aromatic carbocycles. The van der Waals surface area contributed by atoms with E-state index in [-0.39, 0.29) is 5.78 Å². The summed E-state index contributed by atoms with van der Waals surface area (Å²) in [6.45, 7) is 1.77. The lowest BCUT2D eigenvalue weighted by Crippen LogP contribution is -1.98. The van der Waals surface area contributed by atoms with Gasteiger partial charge in [0, 0.05) is 22.9 Å². The van der Waals surface area contributed by atoms with E-state index in [1.54, 1.807) is 25.1 Å². The Kier molecular flexibility index (Phi) is 4.87. The van der Waals surface area contributed by atoms with E-state index in [4.69, 9.17) is 11.6 Å². The lowest BCUT2D eigenvalue weighted by molar-refractivity contribution is 0.0984. The van der Waals surface area contributed by atoms with E-state index in [9.17, 15) is 4.79 Å². The van der Waals surface area contributed by atoms with Gasteiger partial charge in [-0.2, -0.15) is 0 Å². The van der Waals surface area contributed by atoms with Gasteiger partial charge < -0.3 is 0 Å². The summed E-state index contributed by atoms with van der Waals surface area (Å²) in [4.78, 5) is 11.7. The summed E-state index contributed by atoms with van der Waals surface area (Å²) in [6.07, 6.45) is 1.06. The van der Waals surface area contributed by atoms with Gasteiger partial charge in [-0.1, -0.05) is 11.6 Å². The van der Waals surface area contributed by atoms with Gasteiger partial charge in [-0.15, -0.1) is 11.8 Å². The Morgan fingerprint density at radius 3 is 2.87 bits per heavy atom. The van der Waals surface area contributed by atoms with Crippen LogP contribution in [-0.4, -0.2) is 5.78 Å². The molecule has 0 radical (unpaired) electrons. The van der Waals surface area contributed by atoms with E-state index in [1.165, 1.54) is 0 Å². The molecule has 0 spiro atoms. The summed E-state index contributed by atoms with van der Waals surface area (Å²) >= 11 is 9.12. The molecular weight excluding hydrogens is 275 g/mol. The highest BCUT2D eigenvalue weighted by molar-refractivity contribution is 9.10. The molecule has 3 heteroatoms. The average Bonchev–Trinajstić information content (AvgIpc) is 2.22. The second kappa shape index (κ2) is 5.95. The lowest BCUT2D eigenvalue weighted by Gasteiger charge is -2.00. The molecule has 0 saturated carbocycles. The number of Topliss-reactive ketones (excluding diaryl/α,β-unsaturated/α-hetero) is 1. The zero-order valence-corrected chi connectivity index (χ0v) is 10.7. The number of hydrogen-bond donors (Lipinski definition) is 0. The molecule has 0 bridgehead atoms. The first-order valence-electron chi connectivity index (χ1n) is 4.53. The Bertz CT molecular complexity index is 429. The van der Waals surface area contributed by atoms with E-state index in [1.807, 2.05) is 0 Å². The summed E-state index contributed by atoms with van der Waals surface area (Å²) in [5.74, 6) is 5.72. The van der Waals surface area contributed by atoms with E-state index >= 15 is 0 Å². The summed E-state index contributed by atoms with van der Waals surface area (Å²) in [6, 6.07) is 5.18. The van der Waals surface area contributed by atoms with E-state index in [0.29, 0.717) is 23.4 Å². The van der Waals surface area contributed by atoms with Gasteiger partial charge in [0.1, 0.15) is 0 Å². The Morgan fingerprint density at radius 1 is 1.53 bits per heavy atom. The minimum Gasteiger partial charge on any atom is -0.294 e. The molecule has 1 rings (SSSR count). The first-order valence-corrected chi connectivity index (χ1v) is 5.70. The monoisotopic (exact) mass is 284 g/mol. The highest BCUT2D eigenvalue weighted by Gasteiger charge is 2.06. The maximum absolute atomic E-state index is 11.7. The third-order valence-corrected chi connectivity index (χ3v) is 3.11. The number of ketones is 1. The molecule has 1 aromatic rings. The van der Waals surface area contributed by atoms with Crippen LogP contribution in [0.15, 0.2) is 22.7 Å². The number of rotatable bonds is 3. The maximum Gasteiger partial charge on any atom is 0.163 e. The first-order chi connectivity index (χ1) is 7.15. The van der Waals surface area contributed by atoms with Crippen molar-refractivity contribution in [3.8, 4) is 11.8 Å². The fourth-order valence-corrected chi connectivity index (χ4v) is 1.61. The van der Waals surface area contributed by atoms with Crippen molar-refractivity contribution in [2.45, 2.75) is 19.8 Å². The number of carbonyl (C=O) groups excluding carboxylic acids is 1. The van der Waals surface area contributed by atoms with Gasteiger partial charge in [-0.25, -0.2) is 0 Å². The molecule has 78 valence electrons. The minimum atomic E-state index is 0.0927. The smallest absolute Gasteiger partial charge is 0.163 e. The Labute approximate surface area is 103 Å². The van der Waals surface area contributed by atoms with Crippen LogP contribution in [0.2, 0.25) is 5.02 Å². The normalized spacial score (nSPS) is 9.27. The van der Waals surface area contributed by atoms with Gasteiger partial charge in [0.2, 0.25) is 0 Å². The molecule has 0 amide bonds. The van der Waals surface area contributed by atoms with Gasteiger partial charge >= 0.3 is 0 Å². The van der Waals surface area contributed by atoms with Crippen LogP contribution in [-0.2, 0) is 0 Å². The molecule has 0 aliphatic rings. The van der Waals surface area contributed by atoms with E-state index < -0.39 is 0 Å². The molecule has 0 N–H and O–H groups in total. The van der Waals surface area contributed by atoms with Crippen molar-refractivity contribution in [3.05, 3.63) is 33.3 Å². The quantitative estimate of drug-likeness (QED) is 0.604. The number of hydrogen-bond acceptors (Lipinski definition) is 1. The molecule has 0 atom stereocenters. The molecule has 0 fully saturated rings. The lowest BCUT2D eigenvalue weighted by atomic mass is 10.1. The first kappa shape index (κ1) is 12.3. The zero-order valence-electron chi connectivity index (χ0n) is 8.31. The van der Waals surface area contributed by atoms with Gasteiger partial charge in [-0.05, 0) is 41.1 Å². The second-order valence-electron chi connectivity index (χ2n) is 2.98. The molecular formula is C12H10BrClO. The van der Waals surface area contributed by atoms with Gasteiger partial charge in [0.25, 0.3) is 0 Å². The SMILES string of the molecule is CC#CCCC(=O)c1ccc(Cl)c(Br)c1. The highest BCUT2D eigenvalue weighted by atomic mass is 79.9. The Balaban J connectivity index is 2.72. The van der Waals surface area contributed by atoms with Crippen LogP contribution >= 0.6 is 27.5 Å². The molecule has 0 aliphatic carbocycles. The average molecular weight is 286 g/mol. The summed E-state index contributed by atoms with van der Waals surface area (Å²) in [7, 11) is 0. The maximum atomic E-state index is 11.7. The van der Waals surface area contributed by atoms with Crippen LogP contribution in [0, 0.1) is 11.8 Å². The molecule has 0 unspecified atom stereocenters. The van der Waals surface area contributed by atoms with E-state index in [2.05, 4.69) is 27.8 Å². The predicted octanol–water partition coefficient (Wildman–Crippen LogP) is 4.09. The number of benzene rings is 1. The summed E-state index contributed by atoms with van der Waals surface area (Å²) < 4.78 is 0.747. The fourth-order valence-electron chi connectivity index (χ4n) is 1.11. The molecule has 1 nitrogen and oxygen atoms in total. The van der Waals surface area contributed by atoms with E-state index in [0.717, 1.165) is 4.47 Å². The Morgan fingerprint density at radius 2 is 2.27 bits per heavy atom. The summed E-state index contributed by atoms with van der Waals surface area (Å²) in [5.41, 5.74) is 0.671. The van der Waals surface area contributed by atoms with Crippen molar-refractivity contribution in [1.29, 1.82) is 0 Å². The van der Waals surface area contributed by atoms with Gasteiger partial charge in [-0.3, -0.25) is 4.79 Å². The number of halogens is 2. The standard InChI is InChI=1S/C12H10BrClO/c1-2-3-4-5-12(15)9-6-7-11(14)10(13)8-9/h6-8H,4-5H2,1H3. The van der Waals surface area contributed by atoms with Gasteiger partial charge in [0.05, 0.1) is 5.02 Å². The van der Waals surface area contributed by atoms with Crippen molar-refractivity contribution < 1.29 is 4.79 Å². The van der Waals surface area contributed by atoms with Crippen molar-refractivity contribution in [2.75, 3.05) is 0 Å².